The van der Waals surface area contributed by atoms with Crippen molar-refractivity contribution in [1.29, 1.82) is 0 Å². The van der Waals surface area contributed by atoms with Crippen LogP contribution in [-0.4, -0.2) is 15.7 Å². The van der Waals surface area contributed by atoms with Gasteiger partial charge in [-0.25, -0.2) is 4.98 Å². The molecule has 19 heavy (non-hydrogen) atoms. The highest BCUT2D eigenvalue weighted by atomic mass is 32.1. The van der Waals surface area contributed by atoms with E-state index >= 15 is 0 Å². The van der Waals surface area contributed by atoms with E-state index in [1.807, 2.05) is 25.1 Å². The number of aromatic nitrogens is 1. The molecule has 0 saturated heterocycles. The maximum absolute atomic E-state index is 10.5. The first-order valence-electron chi connectivity index (χ1n) is 6.75. The minimum atomic E-state index is -0.680. The molecule has 1 aromatic carbocycles. The van der Waals surface area contributed by atoms with Gasteiger partial charge in [0.25, 0.3) is 0 Å². The second-order valence-corrected chi connectivity index (χ2v) is 6.28. The van der Waals surface area contributed by atoms with Crippen molar-refractivity contribution in [3.8, 4) is 11.3 Å². The Morgan fingerprint density at radius 3 is 2.63 bits per heavy atom. The normalized spacial score (nSPS) is 16.0. The van der Waals surface area contributed by atoms with Gasteiger partial charge in [-0.2, -0.15) is 0 Å². The number of hydrogen-bond acceptors (Lipinski definition) is 3. The molecule has 0 fully saturated rings. The molecule has 0 bridgehead atoms. The summed E-state index contributed by atoms with van der Waals surface area (Å²) in [6, 6.07) is 10.2. The molecule has 1 aromatic heterocycles. The molecule has 3 heteroatoms. The standard InChI is InChI=1S/C16H21NOS/c1-4-12(2)16(3,18)10-15-17-14(11-19-15)13-8-6-5-7-9-13/h5-9,11-12,18H,4,10H2,1-3H3. The van der Waals surface area contributed by atoms with Gasteiger partial charge in [-0.05, 0) is 12.8 Å². The van der Waals surface area contributed by atoms with Crippen LogP contribution in [0.2, 0.25) is 0 Å². The molecule has 0 radical (unpaired) electrons. The summed E-state index contributed by atoms with van der Waals surface area (Å²) in [7, 11) is 0. The molecule has 0 spiro atoms. The van der Waals surface area contributed by atoms with Crippen molar-refractivity contribution in [2.24, 2.45) is 5.92 Å². The molecule has 1 heterocycles. The van der Waals surface area contributed by atoms with Crippen molar-refractivity contribution in [2.75, 3.05) is 0 Å². The maximum atomic E-state index is 10.5. The maximum Gasteiger partial charge on any atom is 0.0961 e. The van der Waals surface area contributed by atoms with Gasteiger partial charge in [0, 0.05) is 17.4 Å². The van der Waals surface area contributed by atoms with E-state index in [1.54, 1.807) is 11.3 Å². The topological polar surface area (TPSA) is 33.1 Å². The fourth-order valence-corrected chi connectivity index (χ4v) is 3.02. The van der Waals surface area contributed by atoms with Crippen LogP contribution >= 0.6 is 11.3 Å². The van der Waals surface area contributed by atoms with Gasteiger partial charge in [-0.15, -0.1) is 11.3 Å². The average Bonchev–Trinajstić information content (AvgIpc) is 2.86. The summed E-state index contributed by atoms with van der Waals surface area (Å²) in [5.74, 6) is 0.275. The third kappa shape index (κ3) is 3.43. The summed E-state index contributed by atoms with van der Waals surface area (Å²) in [6.45, 7) is 6.10. The molecule has 2 rings (SSSR count). The van der Waals surface area contributed by atoms with Crippen LogP contribution in [0.15, 0.2) is 35.7 Å². The first-order valence-corrected chi connectivity index (χ1v) is 7.63. The van der Waals surface area contributed by atoms with Crippen molar-refractivity contribution in [1.82, 2.24) is 4.98 Å². The van der Waals surface area contributed by atoms with Crippen LogP contribution in [0.5, 0.6) is 0 Å². The summed E-state index contributed by atoms with van der Waals surface area (Å²) in [5, 5.41) is 13.6. The van der Waals surface area contributed by atoms with Crippen LogP contribution in [0.25, 0.3) is 11.3 Å². The first-order chi connectivity index (χ1) is 9.03. The number of rotatable bonds is 5. The number of benzene rings is 1. The van der Waals surface area contributed by atoms with Gasteiger partial charge < -0.3 is 5.11 Å². The van der Waals surface area contributed by atoms with Crippen LogP contribution in [0.1, 0.15) is 32.2 Å². The van der Waals surface area contributed by atoms with Crippen molar-refractivity contribution >= 4 is 11.3 Å². The Labute approximate surface area is 119 Å². The van der Waals surface area contributed by atoms with E-state index in [9.17, 15) is 5.11 Å². The van der Waals surface area contributed by atoms with E-state index in [2.05, 4.69) is 36.3 Å². The zero-order valence-electron chi connectivity index (χ0n) is 11.8. The molecule has 102 valence electrons. The highest BCUT2D eigenvalue weighted by Crippen LogP contribution is 2.28. The SMILES string of the molecule is CCC(C)C(C)(O)Cc1nc(-c2ccccc2)cs1. The van der Waals surface area contributed by atoms with Gasteiger partial charge in [-0.1, -0.05) is 50.6 Å². The minimum Gasteiger partial charge on any atom is -0.389 e. The highest BCUT2D eigenvalue weighted by molar-refractivity contribution is 7.09. The summed E-state index contributed by atoms with van der Waals surface area (Å²) in [4.78, 5) is 4.64. The van der Waals surface area contributed by atoms with Crippen LogP contribution in [-0.2, 0) is 6.42 Å². The quantitative estimate of drug-likeness (QED) is 0.889. The minimum absolute atomic E-state index is 0.275. The molecule has 0 aliphatic carbocycles. The predicted octanol–water partition coefficient (Wildman–Crippen LogP) is 4.15. The molecular weight excluding hydrogens is 254 g/mol. The number of nitrogens with zero attached hydrogens (tertiary/aromatic N) is 1. The molecule has 0 aliphatic rings. The van der Waals surface area contributed by atoms with Gasteiger partial charge in [0.1, 0.15) is 0 Å². The Balaban J connectivity index is 2.14. The van der Waals surface area contributed by atoms with Crippen molar-refractivity contribution < 1.29 is 5.11 Å². The molecular formula is C16H21NOS. The van der Waals surface area contributed by atoms with Crippen LogP contribution in [0, 0.1) is 5.92 Å². The van der Waals surface area contributed by atoms with Crippen molar-refractivity contribution in [3.63, 3.8) is 0 Å². The van der Waals surface area contributed by atoms with Gasteiger partial charge >= 0.3 is 0 Å². The van der Waals surface area contributed by atoms with Crippen molar-refractivity contribution in [3.05, 3.63) is 40.7 Å². The Morgan fingerprint density at radius 1 is 1.32 bits per heavy atom. The lowest BCUT2D eigenvalue weighted by Gasteiger charge is -2.28. The molecule has 2 unspecified atom stereocenters. The second kappa shape index (κ2) is 5.85. The molecule has 2 aromatic rings. The largest absolute Gasteiger partial charge is 0.389 e. The Hall–Kier alpha value is -1.19. The van der Waals surface area contributed by atoms with Gasteiger partial charge in [0.2, 0.25) is 0 Å². The van der Waals surface area contributed by atoms with Crippen LogP contribution in [0.3, 0.4) is 0 Å². The van der Waals surface area contributed by atoms with E-state index < -0.39 is 5.60 Å². The lowest BCUT2D eigenvalue weighted by atomic mass is 9.86. The zero-order valence-corrected chi connectivity index (χ0v) is 12.6. The zero-order chi connectivity index (χ0) is 13.9. The van der Waals surface area contributed by atoms with Crippen LogP contribution < -0.4 is 0 Å². The fraction of sp³-hybridized carbons (Fsp3) is 0.438. The Kier molecular flexibility index (Phi) is 4.38. The molecule has 1 N–H and O–H groups in total. The number of aliphatic hydroxyl groups is 1. The van der Waals surface area contributed by atoms with Gasteiger partial charge in [-0.3, -0.25) is 0 Å². The summed E-state index contributed by atoms with van der Waals surface area (Å²) in [6.07, 6.45) is 1.60. The molecule has 0 saturated carbocycles. The molecule has 2 nitrogen and oxygen atoms in total. The summed E-state index contributed by atoms with van der Waals surface area (Å²) < 4.78 is 0. The van der Waals surface area contributed by atoms with Gasteiger partial charge in [0.15, 0.2) is 0 Å². The monoisotopic (exact) mass is 275 g/mol. The average molecular weight is 275 g/mol. The predicted molar refractivity (Wildman–Crippen MR) is 81.3 cm³/mol. The van der Waals surface area contributed by atoms with E-state index in [4.69, 9.17) is 0 Å². The lowest BCUT2D eigenvalue weighted by Crippen LogP contribution is -2.34. The third-order valence-corrected chi connectivity index (χ3v) is 4.65. The van der Waals surface area contributed by atoms with Gasteiger partial charge in [0.05, 0.1) is 16.3 Å². The van der Waals surface area contributed by atoms with E-state index in [0.717, 1.165) is 22.7 Å². The van der Waals surface area contributed by atoms with E-state index in [0.29, 0.717) is 6.42 Å². The van der Waals surface area contributed by atoms with E-state index in [-0.39, 0.29) is 5.92 Å². The van der Waals surface area contributed by atoms with E-state index in [1.165, 1.54) is 0 Å². The number of hydrogen-bond donors (Lipinski definition) is 1. The summed E-state index contributed by atoms with van der Waals surface area (Å²) >= 11 is 1.63. The summed E-state index contributed by atoms with van der Waals surface area (Å²) in [5.41, 5.74) is 1.45. The highest BCUT2D eigenvalue weighted by Gasteiger charge is 2.28. The Morgan fingerprint density at radius 2 is 2.00 bits per heavy atom. The third-order valence-electron chi connectivity index (χ3n) is 3.80. The smallest absolute Gasteiger partial charge is 0.0961 e. The van der Waals surface area contributed by atoms with Crippen molar-refractivity contribution in [2.45, 2.75) is 39.2 Å². The first kappa shape index (κ1) is 14.2. The molecule has 2 atom stereocenters. The molecule has 0 amide bonds. The Bertz CT molecular complexity index is 519. The molecule has 0 aliphatic heterocycles. The lowest BCUT2D eigenvalue weighted by molar-refractivity contribution is 0.00515. The number of thiazole rings is 1. The second-order valence-electron chi connectivity index (χ2n) is 5.34. The van der Waals surface area contributed by atoms with Crippen LogP contribution in [0.4, 0.5) is 0 Å². The fourth-order valence-electron chi connectivity index (χ4n) is 2.05.